The Morgan fingerprint density at radius 1 is 1.57 bits per heavy atom. The van der Waals surface area contributed by atoms with Crippen LogP contribution in [0.25, 0.3) is 0 Å². The van der Waals surface area contributed by atoms with Crippen LogP contribution in [0.4, 0.5) is 5.13 Å². The van der Waals surface area contributed by atoms with Gasteiger partial charge >= 0.3 is 29.6 Å². The monoisotopic (exact) mass is 459 g/mol. The molecular formula is C13H18N5NaO6S3. The Hall–Kier alpha value is -0.900. The molecule has 28 heavy (non-hydrogen) atoms. The molecule has 2 amide bonds. The summed E-state index contributed by atoms with van der Waals surface area (Å²) >= 11 is 2.19. The molecule has 1 aromatic heterocycles. The van der Waals surface area contributed by atoms with Crippen LogP contribution in [0.5, 0.6) is 0 Å². The number of amides is 2. The van der Waals surface area contributed by atoms with Gasteiger partial charge in [0.1, 0.15) is 24.2 Å². The van der Waals surface area contributed by atoms with Gasteiger partial charge in [-0.2, -0.15) is 0 Å². The van der Waals surface area contributed by atoms with E-state index in [1.54, 1.807) is 0 Å². The zero-order valence-corrected chi connectivity index (χ0v) is 19.9. The summed E-state index contributed by atoms with van der Waals surface area (Å²) < 4.78 is 34.2. The Labute approximate surface area is 192 Å². The number of oxime groups is 1. The summed E-state index contributed by atoms with van der Waals surface area (Å²) in [5, 5.41) is 6.67. The zero-order chi connectivity index (χ0) is 20.2. The van der Waals surface area contributed by atoms with Crippen molar-refractivity contribution in [2.45, 2.75) is 31.2 Å². The second kappa shape index (κ2) is 10.8. The number of hydrogen-bond acceptors (Lipinski definition) is 11. The Morgan fingerprint density at radius 3 is 2.75 bits per heavy atom. The summed E-state index contributed by atoms with van der Waals surface area (Å²) in [6, 6.07) is -1.18. The third kappa shape index (κ3) is 5.81. The number of carbonyl (C=O) groups excluding carboxylic acids is 2. The Kier molecular flexibility index (Phi) is 9.66. The van der Waals surface area contributed by atoms with Gasteiger partial charge < -0.3 is 20.4 Å². The van der Waals surface area contributed by atoms with Crippen molar-refractivity contribution in [3.63, 3.8) is 0 Å². The molecule has 1 saturated heterocycles. The van der Waals surface area contributed by atoms with E-state index < -0.39 is 33.5 Å². The van der Waals surface area contributed by atoms with Gasteiger partial charge in [-0.05, 0) is 12.2 Å². The number of nitrogens with zero attached hydrogens (tertiary/aromatic N) is 3. The maximum atomic E-state index is 12.5. The molecule has 15 heteroatoms. The van der Waals surface area contributed by atoms with Crippen LogP contribution < -0.4 is 40.6 Å². The van der Waals surface area contributed by atoms with Crippen molar-refractivity contribution < 1.29 is 57.0 Å². The quantitative estimate of drug-likeness (QED) is 0.0961. The van der Waals surface area contributed by atoms with Crippen LogP contribution in [-0.2, 0) is 24.7 Å². The van der Waals surface area contributed by atoms with E-state index >= 15 is 0 Å². The number of hydrogen-bond donors (Lipinski definition) is 2. The van der Waals surface area contributed by atoms with Crippen molar-refractivity contribution >= 4 is 56.1 Å². The number of thioether (sulfide) groups is 1. The predicted molar refractivity (Wildman–Crippen MR) is 99.7 cm³/mol. The topological polar surface area (TPSA) is 167 Å². The molecule has 11 nitrogen and oxygen atoms in total. The molecule has 1 aromatic rings. The van der Waals surface area contributed by atoms with Crippen LogP contribution in [-0.4, -0.2) is 64.1 Å². The zero-order valence-electron chi connectivity index (χ0n) is 15.4. The first-order chi connectivity index (χ1) is 12.7. The van der Waals surface area contributed by atoms with E-state index in [1.165, 1.54) is 12.5 Å². The van der Waals surface area contributed by atoms with Crippen molar-refractivity contribution in [1.82, 2.24) is 14.6 Å². The molecule has 0 bridgehead atoms. The van der Waals surface area contributed by atoms with E-state index in [0.29, 0.717) is 5.75 Å². The number of aromatic nitrogens is 1. The summed E-state index contributed by atoms with van der Waals surface area (Å²) in [6.45, 7) is 1.95. The number of nitrogens with two attached hydrogens (primary N) is 1. The smallest absolute Gasteiger partial charge is 0.731 e. The number of rotatable bonds is 9. The second-order valence-electron chi connectivity index (χ2n) is 5.35. The van der Waals surface area contributed by atoms with Crippen molar-refractivity contribution in [3.05, 3.63) is 11.1 Å². The molecule has 0 spiro atoms. The molecule has 2 heterocycles. The van der Waals surface area contributed by atoms with Gasteiger partial charge in [-0.1, -0.05) is 18.5 Å². The first-order valence-corrected chi connectivity index (χ1v) is 11.0. The Bertz CT molecular complexity index is 845. The van der Waals surface area contributed by atoms with Gasteiger partial charge in [0, 0.05) is 5.38 Å². The molecule has 0 aromatic carbocycles. The summed E-state index contributed by atoms with van der Waals surface area (Å²) in [5.74, 6) is -1.28. The molecule has 2 rings (SSSR count). The van der Waals surface area contributed by atoms with Crippen LogP contribution in [0.3, 0.4) is 0 Å². The second-order valence-corrected chi connectivity index (χ2v) is 8.71. The average Bonchev–Trinajstić information content (AvgIpc) is 3.01. The number of anilines is 1. The van der Waals surface area contributed by atoms with Crippen molar-refractivity contribution in [1.29, 1.82) is 0 Å². The molecule has 3 N–H and O–H groups in total. The molecule has 150 valence electrons. The van der Waals surface area contributed by atoms with Crippen LogP contribution in [0.1, 0.15) is 25.5 Å². The van der Waals surface area contributed by atoms with Crippen LogP contribution in [0.2, 0.25) is 0 Å². The standard InChI is InChI=1S/C13H19N5O6S3.Na/c1-3-4-5-25-12-9(11(20)18(12)27(21,22)23)16-10(19)8(17-24-2)7-6-26-13(14)15-7;/h6,9,12H,3-5H2,1-2H3,(H2,14,15)(H,16,19)(H,21,22,23);/q;+1/p-1/b17-8+;. The van der Waals surface area contributed by atoms with Gasteiger partial charge in [0.15, 0.2) is 21.1 Å². The predicted octanol–water partition coefficient (Wildman–Crippen LogP) is -3.27. The Balaban J connectivity index is 0.00000392. The van der Waals surface area contributed by atoms with E-state index in [4.69, 9.17) is 5.73 Å². The maximum Gasteiger partial charge on any atom is 1.00 e. The minimum absolute atomic E-state index is 0. The molecule has 2 atom stereocenters. The van der Waals surface area contributed by atoms with E-state index in [0.717, 1.165) is 35.9 Å². The van der Waals surface area contributed by atoms with E-state index in [2.05, 4.69) is 20.3 Å². The van der Waals surface area contributed by atoms with E-state index in [-0.39, 0.29) is 50.4 Å². The molecular weight excluding hydrogens is 441 g/mol. The van der Waals surface area contributed by atoms with Crippen LogP contribution in [0, 0.1) is 0 Å². The average molecular weight is 460 g/mol. The molecule has 0 radical (unpaired) electrons. The number of nitrogen functional groups attached to an aromatic ring is 1. The number of nitrogens with one attached hydrogen (secondary N) is 1. The molecule has 0 aliphatic carbocycles. The summed E-state index contributed by atoms with van der Waals surface area (Å²) in [5.41, 5.74) is 5.47. The minimum Gasteiger partial charge on any atom is -0.731 e. The molecule has 0 saturated carbocycles. The molecule has 1 aliphatic heterocycles. The largest absolute Gasteiger partial charge is 1.00 e. The third-order valence-electron chi connectivity index (χ3n) is 3.48. The fraction of sp³-hybridized carbons (Fsp3) is 0.538. The van der Waals surface area contributed by atoms with Gasteiger partial charge in [0.05, 0.1) is 0 Å². The molecule has 2 unspecified atom stereocenters. The number of β-lactam (4-membered cyclic amide) rings is 1. The van der Waals surface area contributed by atoms with Gasteiger partial charge in [0.25, 0.3) is 11.8 Å². The van der Waals surface area contributed by atoms with Crippen LogP contribution in [0.15, 0.2) is 10.5 Å². The number of carbonyl (C=O) groups is 2. The van der Waals surface area contributed by atoms with E-state index in [9.17, 15) is 22.6 Å². The molecule has 1 fully saturated rings. The van der Waals surface area contributed by atoms with Crippen molar-refractivity contribution in [3.8, 4) is 0 Å². The summed E-state index contributed by atoms with van der Waals surface area (Å²) in [6.07, 6.45) is 1.61. The maximum absolute atomic E-state index is 12.5. The fourth-order valence-corrected chi connectivity index (χ4v) is 5.29. The third-order valence-corrected chi connectivity index (χ3v) is 6.52. The van der Waals surface area contributed by atoms with Crippen molar-refractivity contribution in [2.75, 3.05) is 18.6 Å². The van der Waals surface area contributed by atoms with Gasteiger partial charge in [-0.3, -0.25) is 9.59 Å². The fourth-order valence-electron chi connectivity index (χ4n) is 2.22. The molecule has 1 aliphatic rings. The minimum atomic E-state index is -4.97. The normalized spacial score (nSPS) is 19.6. The van der Waals surface area contributed by atoms with E-state index in [1.807, 2.05) is 6.92 Å². The van der Waals surface area contributed by atoms with Crippen molar-refractivity contribution in [2.24, 2.45) is 5.16 Å². The van der Waals surface area contributed by atoms with Gasteiger partial charge in [-0.15, -0.1) is 23.1 Å². The first-order valence-electron chi connectivity index (χ1n) is 7.74. The van der Waals surface area contributed by atoms with Gasteiger partial charge in [-0.25, -0.2) is 17.7 Å². The summed E-state index contributed by atoms with van der Waals surface area (Å²) in [4.78, 5) is 33.2. The van der Waals surface area contributed by atoms with Crippen LogP contribution >= 0.6 is 23.1 Å². The Morgan fingerprint density at radius 2 is 2.25 bits per heavy atom. The van der Waals surface area contributed by atoms with Gasteiger partial charge in [0.2, 0.25) is 0 Å². The number of thiazole rings is 1. The summed E-state index contributed by atoms with van der Waals surface area (Å²) in [7, 11) is -3.74. The number of unbranched alkanes of at least 4 members (excludes halogenated alkanes) is 1. The first kappa shape index (κ1) is 25.1. The SMILES string of the molecule is CCCCSC1C(NC(=O)/C(=N/OC)c2csc(N)n2)C(=O)N1S(=O)(=O)[O-].[Na+].